The molecule has 1 aromatic carbocycles. The summed E-state index contributed by atoms with van der Waals surface area (Å²) in [5.74, 6) is -1.01. The molecule has 0 N–H and O–H groups in total. The maximum Gasteiger partial charge on any atom is 0.363 e. The van der Waals surface area contributed by atoms with Crippen LogP contribution in [0.3, 0.4) is 0 Å². The maximum absolute atomic E-state index is 12.0. The average molecular weight is 363 g/mol. The highest BCUT2D eigenvalue weighted by molar-refractivity contribution is 8.00. The van der Waals surface area contributed by atoms with E-state index in [0.29, 0.717) is 10.8 Å². The van der Waals surface area contributed by atoms with Crippen LogP contribution in [0.5, 0.6) is 0 Å². The number of imide groups is 1. The van der Waals surface area contributed by atoms with E-state index in [4.69, 9.17) is 4.84 Å². The van der Waals surface area contributed by atoms with E-state index in [9.17, 15) is 14.4 Å². The third-order valence-electron chi connectivity index (χ3n) is 3.24. The highest BCUT2D eigenvalue weighted by atomic mass is 32.2. The van der Waals surface area contributed by atoms with Crippen LogP contribution < -0.4 is 0 Å². The standard InChI is InChI=1S/C15H13N3O4S2/c1-9-16-17-15(24-9)23-8-10-2-4-11(5-3-10)14(21)22-18-12(19)6-7-13(18)20/h2-5H,6-8H2,1H3. The van der Waals surface area contributed by atoms with Crippen LogP contribution in [0.4, 0.5) is 0 Å². The predicted octanol–water partition coefficient (Wildman–Crippen LogP) is 2.36. The van der Waals surface area contributed by atoms with E-state index < -0.39 is 17.8 Å². The molecule has 0 saturated carbocycles. The molecule has 124 valence electrons. The number of aryl methyl sites for hydroxylation is 1. The zero-order valence-corrected chi connectivity index (χ0v) is 14.4. The van der Waals surface area contributed by atoms with Crippen molar-refractivity contribution in [1.82, 2.24) is 15.3 Å². The molecule has 0 spiro atoms. The third kappa shape index (κ3) is 3.80. The first-order valence-corrected chi connectivity index (χ1v) is 8.93. The second kappa shape index (κ2) is 7.10. The average Bonchev–Trinajstić information content (AvgIpc) is 3.13. The van der Waals surface area contributed by atoms with Gasteiger partial charge in [-0.15, -0.1) is 15.3 Å². The molecule has 2 amide bonds. The van der Waals surface area contributed by atoms with Gasteiger partial charge in [0.2, 0.25) is 0 Å². The van der Waals surface area contributed by atoms with Crippen LogP contribution in [0.15, 0.2) is 28.6 Å². The van der Waals surface area contributed by atoms with E-state index in [0.717, 1.165) is 14.9 Å². The Labute approximate surface area is 146 Å². The largest absolute Gasteiger partial charge is 0.363 e. The first-order chi connectivity index (χ1) is 11.5. The van der Waals surface area contributed by atoms with Crippen molar-refractivity contribution in [2.75, 3.05) is 0 Å². The van der Waals surface area contributed by atoms with Gasteiger partial charge in [-0.25, -0.2) is 4.79 Å². The Balaban J connectivity index is 1.58. The minimum absolute atomic E-state index is 0.0767. The molecule has 3 rings (SSSR count). The Morgan fingerprint density at radius 2 is 1.88 bits per heavy atom. The Hall–Kier alpha value is -2.26. The van der Waals surface area contributed by atoms with Crippen LogP contribution in [0.2, 0.25) is 0 Å². The van der Waals surface area contributed by atoms with Crippen LogP contribution in [0.1, 0.15) is 33.8 Å². The maximum atomic E-state index is 12.0. The summed E-state index contributed by atoms with van der Waals surface area (Å²) in [6, 6.07) is 6.80. The molecule has 2 aromatic rings. The number of amides is 2. The van der Waals surface area contributed by atoms with Crippen molar-refractivity contribution in [3.8, 4) is 0 Å². The molecule has 1 aliphatic heterocycles. The van der Waals surface area contributed by atoms with Crippen LogP contribution >= 0.6 is 23.1 Å². The number of benzene rings is 1. The summed E-state index contributed by atoms with van der Waals surface area (Å²) in [6.45, 7) is 1.90. The van der Waals surface area contributed by atoms with Crippen molar-refractivity contribution >= 4 is 40.9 Å². The van der Waals surface area contributed by atoms with Crippen molar-refractivity contribution in [3.63, 3.8) is 0 Å². The van der Waals surface area contributed by atoms with Gasteiger partial charge < -0.3 is 4.84 Å². The fourth-order valence-corrected chi connectivity index (χ4v) is 3.78. The van der Waals surface area contributed by atoms with Gasteiger partial charge in [0.05, 0.1) is 5.56 Å². The number of aromatic nitrogens is 2. The highest BCUT2D eigenvalue weighted by Gasteiger charge is 2.33. The van der Waals surface area contributed by atoms with E-state index in [1.54, 1.807) is 36.0 Å². The normalized spacial score (nSPS) is 14.3. The zero-order valence-electron chi connectivity index (χ0n) is 12.7. The molecule has 0 atom stereocenters. The fourth-order valence-electron chi connectivity index (χ4n) is 2.01. The molecule has 24 heavy (non-hydrogen) atoms. The van der Waals surface area contributed by atoms with E-state index in [1.165, 1.54) is 11.3 Å². The van der Waals surface area contributed by atoms with Crippen LogP contribution in [0.25, 0.3) is 0 Å². The summed E-state index contributed by atoms with van der Waals surface area (Å²) in [5, 5.41) is 9.45. The predicted molar refractivity (Wildman–Crippen MR) is 87.2 cm³/mol. The number of nitrogens with zero attached hydrogens (tertiary/aromatic N) is 3. The van der Waals surface area contributed by atoms with Gasteiger partial charge in [0.15, 0.2) is 4.34 Å². The zero-order chi connectivity index (χ0) is 17.1. The molecule has 9 heteroatoms. The Morgan fingerprint density at radius 1 is 1.21 bits per heavy atom. The van der Waals surface area contributed by atoms with Crippen molar-refractivity contribution in [2.24, 2.45) is 0 Å². The first-order valence-electron chi connectivity index (χ1n) is 7.13. The summed E-state index contributed by atoms with van der Waals surface area (Å²) < 4.78 is 0.891. The lowest BCUT2D eigenvalue weighted by Crippen LogP contribution is -2.32. The number of carbonyl (C=O) groups is 3. The number of hydroxylamine groups is 2. The molecule has 0 unspecified atom stereocenters. The van der Waals surface area contributed by atoms with E-state index >= 15 is 0 Å². The highest BCUT2D eigenvalue weighted by Crippen LogP contribution is 2.25. The molecule has 0 aliphatic carbocycles. The topological polar surface area (TPSA) is 89.5 Å². The van der Waals surface area contributed by atoms with Crippen molar-refractivity contribution in [2.45, 2.75) is 29.9 Å². The van der Waals surface area contributed by atoms with Gasteiger partial charge in [-0.3, -0.25) is 9.59 Å². The molecule has 1 aromatic heterocycles. The van der Waals surface area contributed by atoms with Gasteiger partial charge in [0.1, 0.15) is 5.01 Å². The molecule has 0 bridgehead atoms. The van der Waals surface area contributed by atoms with Gasteiger partial charge >= 0.3 is 5.97 Å². The summed E-state index contributed by atoms with van der Waals surface area (Å²) in [4.78, 5) is 39.7. The minimum atomic E-state index is -0.724. The second-order valence-corrected chi connectivity index (χ2v) is 7.44. The van der Waals surface area contributed by atoms with Gasteiger partial charge in [-0.2, -0.15) is 0 Å². The van der Waals surface area contributed by atoms with Gasteiger partial charge in [-0.05, 0) is 24.6 Å². The minimum Gasteiger partial charge on any atom is -0.325 e. The molecule has 1 saturated heterocycles. The van der Waals surface area contributed by atoms with Gasteiger partial charge in [0, 0.05) is 18.6 Å². The Morgan fingerprint density at radius 3 is 2.46 bits per heavy atom. The Kier molecular flexibility index (Phi) is 4.91. The Bertz CT molecular complexity index is 772. The van der Waals surface area contributed by atoms with E-state index in [-0.39, 0.29) is 18.4 Å². The van der Waals surface area contributed by atoms with Crippen molar-refractivity contribution in [3.05, 3.63) is 40.4 Å². The molecular weight excluding hydrogens is 350 g/mol. The molecule has 1 fully saturated rings. The number of thioether (sulfide) groups is 1. The summed E-state index contributed by atoms with van der Waals surface area (Å²) in [6.07, 6.45) is 0.153. The number of hydrogen-bond acceptors (Lipinski definition) is 8. The lowest BCUT2D eigenvalue weighted by molar-refractivity contribution is -0.172. The van der Waals surface area contributed by atoms with Crippen LogP contribution in [-0.4, -0.2) is 33.0 Å². The van der Waals surface area contributed by atoms with E-state index in [2.05, 4.69) is 10.2 Å². The lowest BCUT2D eigenvalue weighted by atomic mass is 10.1. The first kappa shape index (κ1) is 16.6. The molecule has 0 radical (unpaired) electrons. The lowest BCUT2D eigenvalue weighted by Gasteiger charge is -2.12. The SMILES string of the molecule is Cc1nnc(SCc2ccc(C(=O)ON3C(=O)CCC3=O)cc2)s1. The summed E-state index contributed by atoms with van der Waals surface area (Å²) >= 11 is 3.10. The quantitative estimate of drug-likeness (QED) is 0.595. The fraction of sp³-hybridized carbons (Fsp3) is 0.267. The molecule has 1 aliphatic rings. The molecular formula is C15H13N3O4S2. The van der Waals surface area contributed by atoms with Crippen LogP contribution in [-0.2, 0) is 20.2 Å². The monoisotopic (exact) mass is 363 g/mol. The molecule has 2 heterocycles. The summed E-state index contributed by atoms with van der Waals surface area (Å²) in [5.41, 5.74) is 1.29. The number of hydrogen-bond donors (Lipinski definition) is 0. The molecule has 7 nitrogen and oxygen atoms in total. The van der Waals surface area contributed by atoms with Crippen LogP contribution in [0, 0.1) is 6.92 Å². The van der Waals surface area contributed by atoms with E-state index in [1.807, 2.05) is 6.92 Å². The smallest absolute Gasteiger partial charge is 0.325 e. The van der Waals surface area contributed by atoms with Gasteiger partial charge in [-0.1, -0.05) is 35.2 Å². The summed E-state index contributed by atoms with van der Waals surface area (Å²) in [7, 11) is 0. The number of rotatable bonds is 5. The second-order valence-electron chi connectivity index (χ2n) is 5.03. The number of carbonyl (C=O) groups excluding carboxylic acids is 3. The third-order valence-corrected chi connectivity index (χ3v) is 5.28. The van der Waals surface area contributed by atoms with Crippen molar-refractivity contribution < 1.29 is 19.2 Å². The van der Waals surface area contributed by atoms with Crippen molar-refractivity contribution in [1.29, 1.82) is 0 Å². The van der Waals surface area contributed by atoms with Gasteiger partial charge in [0.25, 0.3) is 11.8 Å².